The molecule has 0 spiro atoms. The highest BCUT2D eigenvalue weighted by atomic mass is 79.9. The van der Waals surface area contributed by atoms with Crippen LogP contribution in [0.15, 0.2) is 34.8 Å². The molecule has 0 saturated heterocycles. The molecule has 2 aromatic rings. The van der Waals surface area contributed by atoms with Crippen LogP contribution in [-0.2, 0) is 0 Å². The van der Waals surface area contributed by atoms with Gasteiger partial charge >= 0.3 is 5.97 Å². The van der Waals surface area contributed by atoms with Crippen LogP contribution in [-0.4, -0.2) is 11.1 Å². The fraction of sp³-hybridized carbons (Fsp3) is 0. The minimum absolute atomic E-state index is 0.0682. The van der Waals surface area contributed by atoms with Crippen LogP contribution in [0.4, 0.5) is 14.5 Å². The molecule has 3 N–H and O–H groups in total. The first kappa shape index (κ1) is 14.3. The first-order valence-corrected chi connectivity index (χ1v) is 6.13. The Hall–Kier alpha value is -2.15. The van der Waals surface area contributed by atoms with Gasteiger partial charge in [-0.1, -0.05) is 15.9 Å². The van der Waals surface area contributed by atoms with Crippen molar-refractivity contribution >= 4 is 27.6 Å². The molecule has 0 saturated carbocycles. The van der Waals surface area contributed by atoms with E-state index in [1.165, 1.54) is 18.2 Å². The van der Waals surface area contributed by atoms with Crippen LogP contribution in [0.2, 0.25) is 0 Å². The predicted molar refractivity (Wildman–Crippen MR) is 71.9 cm³/mol. The van der Waals surface area contributed by atoms with Crippen molar-refractivity contribution in [2.45, 2.75) is 0 Å². The number of anilines is 1. The number of carbonyl (C=O) groups is 1. The number of hydrogen-bond acceptors (Lipinski definition) is 3. The van der Waals surface area contributed by atoms with Gasteiger partial charge < -0.3 is 15.6 Å². The summed E-state index contributed by atoms with van der Waals surface area (Å²) in [5.74, 6) is -3.93. The molecule has 0 fully saturated rings. The molecule has 0 aliphatic heterocycles. The number of nitrogen functional groups attached to an aromatic ring is 1. The van der Waals surface area contributed by atoms with E-state index in [0.29, 0.717) is 0 Å². The molecule has 0 heterocycles. The summed E-state index contributed by atoms with van der Waals surface area (Å²) < 4.78 is 32.3. The van der Waals surface area contributed by atoms with E-state index in [9.17, 15) is 13.6 Å². The van der Waals surface area contributed by atoms with Gasteiger partial charge in [-0.15, -0.1) is 0 Å². The second-order valence-corrected chi connectivity index (χ2v) is 4.78. The van der Waals surface area contributed by atoms with E-state index < -0.39 is 23.4 Å². The molecular weight excluding hydrogens is 336 g/mol. The summed E-state index contributed by atoms with van der Waals surface area (Å²) in [6.07, 6.45) is 0. The van der Waals surface area contributed by atoms with Gasteiger partial charge in [0.05, 0.1) is 11.3 Å². The average molecular weight is 344 g/mol. The summed E-state index contributed by atoms with van der Waals surface area (Å²) in [7, 11) is 0. The Bertz CT molecular complexity index is 692. The van der Waals surface area contributed by atoms with Gasteiger partial charge in [0, 0.05) is 4.47 Å². The van der Waals surface area contributed by atoms with Crippen LogP contribution in [0.25, 0.3) is 0 Å². The monoisotopic (exact) mass is 343 g/mol. The summed E-state index contributed by atoms with van der Waals surface area (Å²) >= 11 is 3.00. The molecule has 0 aromatic heterocycles. The van der Waals surface area contributed by atoms with Gasteiger partial charge in [0.1, 0.15) is 0 Å². The Balaban J connectivity index is 2.44. The molecule has 0 unspecified atom stereocenters. The van der Waals surface area contributed by atoms with Crippen molar-refractivity contribution in [2.24, 2.45) is 0 Å². The minimum atomic E-state index is -1.19. The largest absolute Gasteiger partial charge is 0.478 e. The Labute approximate surface area is 120 Å². The third-order valence-electron chi connectivity index (χ3n) is 2.44. The number of rotatable bonds is 3. The Morgan fingerprint density at radius 2 is 1.90 bits per heavy atom. The van der Waals surface area contributed by atoms with Crippen molar-refractivity contribution in [3.05, 3.63) is 52.0 Å². The molecule has 7 heteroatoms. The predicted octanol–water partition coefficient (Wildman–Crippen LogP) is 3.80. The number of carboxylic acid groups (broad SMARTS) is 1. The van der Waals surface area contributed by atoms with E-state index in [2.05, 4.69) is 15.9 Å². The molecule has 0 amide bonds. The minimum Gasteiger partial charge on any atom is -0.478 e. The number of aromatic carboxylic acids is 1. The quantitative estimate of drug-likeness (QED) is 0.656. The molecule has 0 bridgehead atoms. The number of carboxylic acids is 1. The van der Waals surface area contributed by atoms with E-state index >= 15 is 0 Å². The van der Waals surface area contributed by atoms with Crippen molar-refractivity contribution in [1.29, 1.82) is 0 Å². The molecular formula is C13H8BrF2NO3. The van der Waals surface area contributed by atoms with Crippen molar-refractivity contribution in [3.63, 3.8) is 0 Å². The smallest absolute Gasteiger partial charge is 0.335 e. The number of benzene rings is 2. The van der Waals surface area contributed by atoms with Crippen LogP contribution in [0, 0.1) is 11.6 Å². The maximum atomic E-state index is 13.6. The van der Waals surface area contributed by atoms with Gasteiger partial charge in [-0.3, -0.25) is 0 Å². The summed E-state index contributed by atoms with van der Waals surface area (Å²) in [6, 6.07) is 5.88. The highest BCUT2D eigenvalue weighted by Crippen LogP contribution is 2.33. The van der Waals surface area contributed by atoms with Crippen LogP contribution in [0.5, 0.6) is 11.5 Å². The first-order chi connectivity index (χ1) is 9.38. The molecule has 0 aliphatic carbocycles. The Morgan fingerprint density at radius 1 is 1.20 bits per heavy atom. The summed E-state index contributed by atoms with van der Waals surface area (Å²) in [5, 5.41) is 8.87. The van der Waals surface area contributed by atoms with E-state index in [1.807, 2.05) is 0 Å². The summed E-state index contributed by atoms with van der Waals surface area (Å²) in [4.78, 5) is 10.9. The van der Waals surface area contributed by atoms with Crippen molar-refractivity contribution < 1.29 is 23.4 Å². The van der Waals surface area contributed by atoms with Gasteiger partial charge in [-0.2, -0.15) is 4.39 Å². The maximum absolute atomic E-state index is 13.6. The molecule has 0 atom stereocenters. The highest BCUT2D eigenvalue weighted by molar-refractivity contribution is 9.10. The number of nitrogens with two attached hydrogens (primary N) is 1. The highest BCUT2D eigenvalue weighted by Gasteiger charge is 2.15. The Kier molecular flexibility index (Phi) is 3.89. The zero-order valence-corrected chi connectivity index (χ0v) is 11.4. The fourth-order valence-corrected chi connectivity index (χ4v) is 1.89. The standard InChI is InChI=1S/C13H8BrF2NO3/c14-7-4-8(15)12(16)11(5-7)20-10-3-6(13(18)19)1-2-9(10)17/h1-5H,17H2,(H,18,19). The molecule has 20 heavy (non-hydrogen) atoms. The van der Waals surface area contributed by atoms with Crippen LogP contribution < -0.4 is 10.5 Å². The number of ether oxygens (including phenoxy) is 1. The number of hydrogen-bond donors (Lipinski definition) is 2. The lowest BCUT2D eigenvalue weighted by molar-refractivity contribution is 0.0696. The molecule has 4 nitrogen and oxygen atoms in total. The number of halogens is 3. The first-order valence-electron chi connectivity index (χ1n) is 5.33. The second-order valence-electron chi connectivity index (χ2n) is 3.86. The lowest BCUT2D eigenvalue weighted by atomic mass is 10.2. The van der Waals surface area contributed by atoms with Crippen LogP contribution in [0.3, 0.4) is 0 Å². The third kappa shape index (κ3) is 2.88. The van der Waals surface area contributed by atoms with Gasteiger partial charge in [-0.05, 0) is 30.3 Å². The molecule has 2 rings (SSSR count). The molecule has 104 valence electrons. The second kappa shape index (κ2) is 5.46. The van der Waals surface area contributed by atoms with Crippen molar-refractivity contribution in [3.8, 4) is 11.5 Å². The lowest BCUT2D eigenvalue weighted by Gasteiger charge is -2.10. The lowest BCUT2D eigenvalue weighted by Crippen LogP contribution is -2.00. The summed E-state index contributed by atoms with van der Waals surface area (Å²) in [6.45, 7) is 0. The van der Waals surface area contributed by atoms with E-state index in [1.54, 1.807) is 0 Å². The van der Waals surface area contributed by atoms with Gasteiger partial charge in [0.2, 0.25) is 5.82 Å². The van der Waals surface area contributed by atoms with E-state index in [4.69, 9.17) is 15.6 Å². The SMILES string of the molecule is Nc1ccc(C(=O)O)cc1Oc1cc(Br)cc(F)c1F. The average Bonchev–Trinajstić information content (AvgIpc) is 2.37. The fourth-order valence-electron chi connectivity index (χ4n) is 1.48. The van der Waals surface area contributed by atoms with Crippen molar-refractivity contribution in [2.75, 3.05) is 5.73 Å². The van der Waals surface area contributed by atoms with Crippen LogP contribution >= 0.6 is 15.9 Å². The normalized spacial score (nSPS) is 10.3. The van der Waals surface area contributed by atoms with Gasteiger partial charge in [0.15, 0.2) is 17.3 Å². The van der Waals surface area contributed by atoms with Crippen LogP contribution in [0.1, 0.15) is 10.4 Å². The zero-order chi connectivity index (χ0) is 14.9. The van der Waals surface area contributed by atoms with Gasteiger partial charge in [0.25, 0.3) is 0 Å². The molecule has 2 aromatic carbocycles. The third-order valence-corrected chi connectivity index (χ3v) is 2.90. The topological polar surface area (TPSA) is 72.6 Å². The van der Waals surface area contributed by atoms with Crippen molar-refractivity contribution in [1.82, 2.24) is 0 Å². The molecule has 0 radical (unpaired) electrons. The van der Waals surface area contributed by atoms with E-state index in [0.717, 1.165) is 12.1 Å². The van der Waals surface area contributed by atoms with Gasteiger partial charge in [-0.25, -0.2) is 9.18 Å². The maximum Gasteiger partial charge on any atom is 0.335 e. The Morgan fingerprint density at radius 3 is 2.55 bits per heavy atom. The zero-order valence-electron chi connectivity index (χ0n) is 9.86. The summed E-state index contributed by atoms with van der Waals surface area (Å²) in [5.41, 5.74) is 5.65. The molecule has 0 aliphatic rings. The van der Waals surface area contributed by atoms with E-state index in [-0.39, 0.29) is 21.5 Å².